The van der Waals surface area contributed by atoms with Crippen LogP contribution in [0.3, 0.4) is 0 Å². The minimum Gasteiger partial charge on any atom is -0.422 e. The van der Waals surface area contributed by atoms with Gasteiger partial charge in [-0.15, -0.1) is 0 Å². The third kappa shape index (κ3) is 4.08. The average molecular weight is 402 g/mol. The zero-order chi connectivity index (χ0) is 21.1. The van der Waals surface area contributed by atoms with Crippen LogP contribution in [0.25, 0.3) is 22.2 Å². The van der Waals surface area contributed by atoms with Crippen LogP contribution in [0, 0.1) is 6.92 Å². The van der Waals surface area contributed by atoms with Crippen LogP contribution < -0.4 is 10.9 Å². The molecule has 2 heterocycles. The summed E-state index contributed by atoms with van der Waals surface area (Å²) in [5, 5.41) is 41.7. The van der Waals surface area contributed by atoms with E-state index in [2.05, 4.69) is 10.3 Å². The molecule has 29 heavy (non-hydrogen) atoms. The molecule has 3 rings (SSSR count). The van der Waals surface area contributed by atoms with E-state index in [0.29, 0.717) is 28.6 Å². The van der Waals surface area contributed by atoms with Crippen molar-refractivity contribution in [2.45, 2.75) is 31.3 Å². The summed E-state index contributed by atoms with van der Waals surface area (Å²) in [5.74, 6) is 0. The number of aryl methyl sites for hydroxylation is 1. The number of hydrogen-bond acceptors (Lipinski definition) is 8. The Balaban J connectivity index is 1.93. The van der Waals surface area contributed by atoms with Crippen molar-refractivity contribution in [1.29, 1.82) is 0 Å². The zero-order valence-electron chi connectivity index (χ0n) is 15.6. The highest BCUT2D eigenvalue weighted by Gasteiger charge is 2.31. The van der Waals surface area contributed by atoms with Gasteiger partial charge in [-0.05, 0) is 36.8 Å². The van der Waals surface area contributed by atoms with Gasteiger partial charge in [0.1, 0.15) is 36.2 Å². The first kappa shape index (κ1) is 20.7. The Morgan fingerprint density at radius 3 is 2.59 bits per heavy atom. The number of benzene rings is 1. The minimum atomic E-state index is -1.73. The normalized spacial score (nSPS) is 15.6. The van der Waals surface area contributed by atoms with Crippen LogP contribution in [0.4, 0.5) is 5.69 Å². The van der Waals surface area contributed by atoms with Crippen molar-refractivity contribution in [2.24, 2.45) is 0 Å². The summed E-state index contributed by atoms with van der Waals surface area (Å²) < 4.78 is 5.43. The van der Waals surface area contributed by atoms with Gasteiger partial charge in [-0.3, -0.25) is 0 Å². The van der Waals surface area contributed by atoms with Crippen LogP contribution in [0.15, 0.2) is 45.7 Å². The number of rotatable bonds is 8. The van der Waals surface area contributed by atoms with Gasteiger partial charge < -0.3 is 39.9 Å². The molecule has 0 saturated carbocycles. The van der Waals surface area contributed by atoms with Crippen molar-refractivity contribution in [3.8, 4) is 11.3 Å². The number of nitrogens with one attached hydrogen (secondary N) is 2. The number of hydrogen-bond donors (Lipinski definition) is 6. The second-order valence-electron chi connectivity index (χ2n) is 6.72. The number of aldehydes is 1. The molecule has 9 heteroatoms. The maximum absolute atomic E-state index is 12.5. The SMILES string of the molecule is Cc1c(-c2ccc[nH]2)c(=O)oc2cc(N[C@@H](C=O)[C@@H](O)[C@H](O)[C@H](O)CO)ccc12. The lowest BCUT2D eigenvalue weighted by molar-refractivity contribution is -0.117. The van der Waals surface area contributed by atoms with Crippen molar-refractivity contribution >= 4 is 22.9 Å². The van der Waals surface area contributed by atoms with E-state index in [0.717, 1.165) is 5.56 Å². The first-order valence-electron chi connectivity index (χ1n) is 8.95. The van der Waals surface area contributed by atoms with Gasteiger partial charge in [0.15, 0.2) is 0 Å². The highest BCUT2D eigenvalue weighted by molar-refractivity contribution is 5.88. The van der Waals surface area contributed by atoms with Crippen molar-refractivity contribution in [1.82, 2.24) is 4.98 Å². The summed E-state index contributed by atoms with van der Waals surface area (Å²) in [5.41, 5.74) is 1.89. The number of H-pyrrole nitrogens is 1. The van der Waals surface area contributed by atoms with Crippen LogP contribution in [-0.2, 0) is 4.79 Å². The Labute approximate surface area is 165 Å². The smallest absolute Gasteiger partial charge is 0.345 e. The van der Waals surface area contributed by atoms with E-state index in [1.807, 2.05) is 0 Å². The van der Waals surface area contributed by atoms with Crippen LogP contribution in [0.5, 0.6) is 0 Å². The molecule has 1 aromatic carbocycles. The Kier molecular flexibility index (Phi) is 6.14. The van der Waals surface area contributed by atoms with Gasteiger partial charge in [-0.2, -0.15) is 0 Å². The fraction of sp³-hybridized carbons (Fsp3) is 0.300. The predicted molar refractivity (Wildman–Crippen MR) is 106 cm³/mol. The predicted octanol–water partition coefficient (Wildman–Crippen LogP) is 0.151. The van der Waals surface area contributed by atoms with Crippen molar-refractivity contribution in [3.63, 3.8) is 0 Å². The topological polar surface area (TPSA) is 156 Å². The molecular weight excluding hydrogens is 380 g/mol. The monoisotopic (exact) mass is 402 g/mol. The van der Waals surface area contributed by atoms with E-state index in [1.165, 1.54) is 6.07 Å². The van der Waals surface area contributed by atoms with Crippen LogP contribution >= 0.6 is 0 Å². The van der Waals surface area contributed by atoms with Gasteiger partial charge in [-0.1, -0.05) is 0 Å². The van der Waals surface area contributed by atoms with Gasteiger partial charge in [-0.25, -0.2) is 4.79 Å². The Bertz CT molecular complexity index is 1040. The fourth-order valence-corrected chi connectivity index (χ4v) is 3.18. The second-order valence-corrected chi connectivity index (χ2v) is 6.72. The van der Waals surface area contributed by atoms with Crippen LogP contribution in [0.2, 0.25) is 0 Å². The maximum atomic E-state index is 12.5. The number of anilines is 1. The summed E-state index contributed by atoms with van der Waals surface area (Å²) in [6.07, 6.45) is -2.92. The number of aromatic nitrogens is 1. The van der Waals surface area contributed by atoms with E-state index in [-0.39, 0.29) is 5.58 Å². The molecule has 0 aliphatic heterocycles. The molecule has 0 spiro atoms. The molecule has 0 saturated heterocycles. The number of fused-ring (bicyclic) bond motifs is 1. The number of carbonyl (C=O) groups is 1. The minimum absolute atomic E-state index is 0.280. The van der Waals surface area contributed by atoms with E-state index in [4.69, 9.17) is 9.52 Å². The number of aliphatic hydroxyl groups excluding tert-OH is 4. The van der Waals surface area contributed by atoms with Crippen LogP contribution in [0.1, 0.15) is 5.56 Å². The maximum Gasteiger partial charge on any atom is 0.345 e. The quantitative estimate of drug-likeness (QED) is 0.230. The van der Waals surface area contributed by atoms with Crippen molar-refractivity contribution in [3.05, 3.63) is 52.5 Å². The Morgan fingerprint density at radius 2 is 1.97 bits per heavy atom. The third-order valence-corrected chi connectivity index (χ3v) is 4.81. The van der Waals surface area contributed by atoms with Gasteiger partial charge in [0.2, 0.25) is 0 Å². The highest BCUT2D eigenvalue weighted by atomic mass is 16.4. The van der Waals surface area contributed by atoms with Crippen molar-refractivity contribution in [2.75, 3.05) is 11.9 Å². The molecule has 9 nitrogen and oxygen atoms in total. The molecule has 0 fully saturated rings. The van der Waals surface area contributed by atoms with Crippen LogP contribution in [-0.4, -0.2) is 62.7 Å². The third-order valence-electron chi connectivity index (χ3n) is 4.81. The summed E-state index contributed by atoms with van der Waals surface area (Å²) >= 11 is 0. The summed E-state index contributed by atoms with van der Waals surface area (Å²) in [6, 6.07) is 7.11. The Morgan fingerprint density at radius 1 is 1.21 bits per heavy atom. The average Bonchev–Trinajstić information content (AvgIpc) is 3.24. The molecule has 0 unspecified atom stereocenters. The van der Waals surface area contributed by atoms with Gasteiger partial charge in [0.05, 0.1) is 17.9 Å². The van der Waals surface area contributed by atoms with E-state index in [9.17, 15) is 24.9 Å². The zero-order valence-corrected chi connectivity index (χ0v) is 15.6. The lowest BCUT2D eigenvalue weighted by Gasteiger charge is -2.26. The van der Waals surface area contributed by atoms with E-state index < -0.39 is 36.6 Å². The lowest BCUT2D eigenvalue weighted by Crippen LogP contribution is -2.49. The molecule has 4 atom stereocenters. The van der Waals surface area contributed by atoms with E-state index >= 15 is 0 Å². The number of aromatic amines is 1. The van der Waals surface area contributed by atoms with Gasteiger partial charge in [0.25, 0.3) is 0 Å². The summed E-state index contributed by atoms with van der Waals surface area (Å²) in [4.78, 5) is 26.8. The summed E-state index contributed by atoms with van der Waals surface area (Å²) in [6.45, 7) is 1.03. The first-order chi connectivity index (χ1) is 13.9. The second kappa shape index (κ2) is 8.58. The Hall–Kier alpha value is -2.98. The highest BCUT2D eigenvalue weighted by Crippen LogP contribution is 2.27. The summed E-state index contributed by atoms with van der Waals surface area (Å²) in [7, 11) is 0. The molecule has 2 aromatic heterocycles. The molecule has 6 N–H and O–H groups in total. The lowest BCUT2D eigenvalue weighted by atomic mass is 10.0. The molecule has 0 aliphatic carbocycles. The molecule has 0 bridgehead atoms. The molecular formula is C20H22N2O7. The largest absolute Gasteiger partial charge is 0.422 e. The van der Waals surface area contributed by atoms with Gasteiger partial charge in [0, 0.05) is 23.3 Å². The first-order valence-corrected chi connectivity index (χ1v) is 8.95. The van der Waals surface area contributed by atoms with E-state index in [1.54, 1.807) is 37.4 Å². The van der Waals surface area contributed by atoms with Gasteiger partial charge >= 0.3 is 5.63 Å². The molecule has 3 aromatic rings. The molecule has 154 valence electrons. The molecule has 0 radical (unpaired) electrons. The standard InChI is InChI=1S/C20H22N2O7/c1-10-12-5-4-11(22-14(8-23)18(26)19(27)15(25)9-24)7-16(12)29-20(28)17(10)13-3-2-6-21-13/h2-8,14-15,18-19,21-22,24-27H,9H2,1H3/t14-,15+,18+,19+/m0/s1. The van der Waals surface area contributed by atoms with Crippen molar-refractivity contribution < 1.29 is 29.6 Å². The number of carbonyl (C=O) groups excluding carboxylic acids is 1. The molecule has 0 aliphatic rings. The molecule has 0 amide bonds. The fourth-order valence-electron chi connectivity index (χ4n) is 3.18. The number of aliphatic hydroxyl groups is 4.